The molecule has 1 saturated heterocycles. The highest BCUT2D eigenvalue weighted by Crippen LogP contribution is 2.20. The van der Waals surface area contributed by atoms with Gasteiger partial charge in [-0.15, -0.1) is 0 Å². The monoisotopic (exact) mass is 299 g/mol. The first kappa shape index (κ1) is 14.7. The Balaban J connectivity index is 1.78. The van der Waals surface area contributed by atoms with Gasteiger partial charge in [-0.1, -0.05) is 48.5 Å². The van der Waals surface area contributed by atoms with Gasteiger partial charge < -0.3 is 10.1 Å². The third-order valence-corrected chi connectivity index (χ3v) is 3.89. The molecule has 0 unspecified atom stereocenters. The van der Waals surface area contributed by atoms with Crippen LogP contribution in [0.5, 0.6) is 0 Å². The maximum absolute atomic E-state index is 13.8. The summed E-state index contributed by atoms with van der Waals surface area (Å²) < 4.78 is 19.1. The predicted molar refractivity (Wildman–Crippen MR) is 81.8 cm³/mol. The maximum atomic E-state index is 13.8. The van der Waals surface area contributed by atoms with Crippen LogP contribution in [-0.2, 0) is 16.0 Å². The molecule has 3 rings (SSSR count). The molecule has 2 aromatic rings. The minimum atomic E-state index is -0.243. The zero-order valence-electron chi connectivity index (χ0n) is 12.2. The molecule has 114 valence electrons. The van der Waals surface area contributed by atoms with Gasteiger partial charge in [0.15, 0.2) is 0 Å². The van der Waals surface area contributed by atoms with E-state index in [-0.39, 0.29) is 30.3 Å². The lowest BCUT2D eigenvalue weighted by atomic mass is 10.0. The number of hydrogen-bond acceptors (Lipinski definition) is 3. The summed E-state index contributed by atoms with van der Waals surface area (Å²) in [7, 11) is 0. The van der Waals surface area contributed by atoms with E-state index in [1.165, 1.54) is 6.07 Å². The van der Waals surface area contributed by atoms with Crippen molar-refractivity contribution >= 4 is 5.97 Å². The third kappa shape index (κ3) is 3.52. The van der Waals surface area contributed by atoms with Crippen molar-refractivity contribution < 1.29 is 13.9 Å². The number of carbonyl (C=O) groups excluding carboxylic acids is 1. The van der Waals surface area contributed by atoms with Crippen molar-refractivity contribution in [3.8, 4) is 0 Å². The topological polar surface area (TPSA) is 38.3 Å². The Kier molecular flexibility index (Phi) is 4.49. The summed E-state index contributed by atoms with van der Waals surface area (Å²) >= 11 is 0. The highest BCUT2D eigenvalue weighted by atomic mass is 19.1. The molecule has 1 aliphatic rings. The molecular formula is C18H18FNO2. The number of halogens is 1. The quantitative estimate of drug-likeness (QED) is 0.885. The van der Waals surface area contributed by atoms with Crippen LogP contribution in [-0.4, -0.2) is 18.6 Å². The summed E-state index contributed by atoms with van der Waals surface area (Å²) in [4.78, 5) is 11.8. The Morgan fingerprint density at radius 3 is 2.59 bits per heavy atom. The summed E-state index contributed by atoms with van der Waals surface area (Å²) in [6.45, 7) is 0.302. The second-order valence-corrected chi connectivity index (χ2v) is 5.51. The van der Waals surface area contributed by atoms with Crippen molar-refractivity contribution in [3.63, 3.8) is 0 Å². The van der Waals surface area contributed by atoms with Crippen molar-refractivity contribution in [2.24, 2.45) is 0 Å². The molecule has 0 bridgehead atoms. The molecular weight excluding hydrogens is 281 g/mol. The molecule has 0 spiro atoms. The number of hydrogen-bond donors (Lipinski definition) is 1. The average Bonchev–Trinajstić information content (AvgIpc) is 2.72. The largest absolute Gasteiger partial charge is 0.464 e. The van der Waals surface area contributed by atoms with Crippen LogP contribution in [0, 0.1) is 5.82 Å². The lowest BCUT2D eigenvalue weighted by molar-refractivity contribution is -0.143. The SMILES string of the molecule is O=C1C[C@@H](Cc2ccccc2F)N[C@@H](c2ccccc2)CO1. The molecule has 2 aromatic carbocycles. The van der Waals surface area contributed by atoms with Crippen molar-refractivity contribution in [2.75, 3.05) is 6.61 Å². The van der Waals surface area contributed by atoms with Crippen LogP contribution < -0.4 is 5.32 Å². The molecule has 1 aliphatic heterocycles. The Labute approximate surface area is 129 Å². The minimum absolute atomic E-state index is 0.0653. The van der Waals surface area contributed by atoms with Gasteiger partial charge in [0, 0.05) is 6.04 Å². The molecule has 1 fully saturated rings. The van der Waals surface area contributed by atoms with Gasteiger partial charge >= 0.3 is 5.97 Å². The predicted octanol–water partition coefficient (Wildman–Crippen LogP) is 3.01. The maximum Gasteiger partial charge on any atom is 0.307 e. The average molecular weight is 299 g/mol. The van der Waals surface area contributed by atoms with Gasteiger partial charge in [-0.3, -0.25) is 4.79 Å². The van der Waals surface area contributed by atoms with Crippen molar-refractivity contribution in [1.29, 1.82) is 0 Å². The van der Waals surface area contributed by atoms with Crippen molar-refractivity contribution in [1.82, 2.24) is 5.32 Å². The zero-order valence-corrected chi connectivity index (χ0v) is 12.2. The first-order valence-electron chi connectivity index (χ1n) is 7.42. The molecule has 4 heteroatoms. The van der Waals surface area contributed by atoms with E-state index >= 15 is 0 Å². The van der Waals surface area contributed by atoms with Crippen LogP contribution in [0.25, 0.3) is 0 Å². The first-order chi connectivity index (χ1) is 10.7. The molecule has 0 aromatic heterocycles. The molecule has 22 heavy (non-hydrogen) atoms. The fourth-order valence-corrected chi connectivity index (χ4v) is 2.77. The number of nitrogens with one attached hydrogen (secondary N) is 1. The molecule has 1 heterocycles. The number of cyclic esters (lactones) is 1. The van der Waals surface area contributed by atoms with E-state index in [2.05, 4.69) is 5.32 Å². The molecule has 0 aliphatic carbocycles. The molecule has 0 radical (unpaired) electrons. The van der Waals surface area contributed by atoms with E-state index in [0.29, 0.717) is 18.6 Å². The smallest absolute Gasteiger partial charge is 0.307 e. The number of ether oxygens (including phenoxy) is 1. The fourth-order valence-electron chi connectivity index (χ4n) is 2.77. The van der Waals surface area contributed by atoms with E-state index < -0.39 is 0 Å². The van der Waals surface area contributed by atoms with Crippen LogP contribution >= 0.6 is 0 Å². The van der Waals surface area contributed by atoms with Crippen LogP contribution in [0.2, 0.25) is 0 Å². The second kappa shape index (κ2) is 6.71. The van der Waals surface area contributed by atoms with E-state index in [9.17, 15) is 9.18 Å². The van der Waals surface area contributed by atoms with Gasteiger partial charge in [0.25, 0.3) is 0 Å². The molecule has 2 atom stereocenters. The summed E-state index contributed by atoms with van der Waals surface area (Å²) in [6.07, 6.45) is 0.711. The van der Waals surface area contributed by atoms with Crippen LogP contribution in [0.3, 0.4) is 0 Å². The summed E-state index contributed by atoms with van der Waals surface area (Å²) in [5.74, 6) is -0.481. The number of rotatable bonds is 3. The van der Waals surface area contributed by atoms with Crippen molar-refractivity contribution in [3.05, 3.63) is 71.5 Å². The van der Waals surface area contributed by atoms with E-state index in [0.717, 1.165) is 5.56 Å². The van der Waals surface area contributed by atoms with E-state index in [1.54, 1.807) is 12.1 Å². The number of benzene rings is 2. The van der Waals surface area contributed by atoms with E-state index in [1.807, 2.05) is 36.4 Å². The highest BCUT2D eigenvalue weighted by Gasteiger charge is 2.26. The van der Waals surface area contributed by atoms with Gasteiger partial charge in [0.1, 0.15) is 12.4 Å². The summed E-state index contributed by atoms with van der Waals surface area (Å²) in [5.41, 5.74) is 1.68. The normalized spacial score (nSPS) is 22.0. The Bertz CT molecular complexity index is 645. The number of esters is 1. The molecule has 3 nitrogen and oxygen atoms in total. The Hall–Kier alpha value is -2.20. The van der Waals surface area contributed by atoms with Gasteiger partial charge in [-0.05, 0) is 23.6 Å². The minimum Gasteiger partial charge on any atom is -0.464 e. The Morgan fingerprint density at radius 1 is 1.09 bits per heavy atom. The molecule has 0 saturated carbocycles. The second-order valence-electron chi connectivity index (χ2n) is 5.51. The highest BCUT2D eigenvalue weighted by molar-refractivity contribution is 5.70. The lowest BCUT2D eigenvalue weighted by Gasteiger charge is -2.21. The van der Waals surface area contributed by atoms with Crippen LogP contribution in [0.1, 0.15) is 23.6 Å². The fraction of sp³-hybridized carbons (Fsp3) is 0.278. The summed E-state index contributed by atoms with van der Waals surface area (Å²) in [6, 6.07) is 16.3. The molecule has 0 amide bonds. The van der Waals surface area contributed by atoms with Gasteiger partial charge in [-0.25, -0.2) is 4.39 Å². The first-order valence-corrected chi connectivity index (χ1v) is 7.42. The lowest BCUT2D eigenvalue weighted by Crippen LogP contribution is -2.35. The van der Waals surface area contributed by atoms with Gasteiger partial charge in [0.2, 0.25) is 0 Å². The standard InChI is InChI=1S/C18H18FNO2/c19-16-9-5-4-8-14(16)10-15-11-18(21)22-12-17(20-15)13-6-2-1-3-7-13/h1-9,15,17,20H,10-12H2/t15-,17-/m1/s1. The van der Waals surface area contributed by atoms with Crippen LogP contribution in [0.15, 0.2) is 54.6 Å². The zero-order chi connectivity index (χ0) is 15.4. The molecule has 1 N–H and O–H groups in total. The Morgan fingerprint density at radius 2 is 1.82 bits per heavy atom. The third-order valence-electron chi connectivity index (χ3n) is 3.89. The van der Waals surface area contributed by atoms with Crippen molar-refractivity contribution in [2.45, 2.75) is 24.9 Å². The number of carbonyl (C=O) groups is 1. The van der Waals surface area contributed by atoms with Crippen LogP contribution in [0.4, 0.5) is 4.39 Å². The van der Waals surface area contributed by atoms with E-state index in [4.69, 9.17) is 4.74 Å². The van der Waals surface area contributed by atoms with Gasteiger partial charge in [0.05, 0.1) is 12.5 Å². The van der Waals surface area contributed by atoms with Gasteiger partial charge in [-0.2, -0.15) is 0 Å². The summed E-state index contributed by atoms with van der Waals surface area (Å²) in [5, 5.41) is 3.43.